The van der Waals surface area contributed by atoms with E-state index in [1.54, 1.807) is 0 Å². The lowest BCUT2D eigenvalue weighted by atomic mass is 10.1. The molecule has 0 aliphatic heterocycles. The standard InChI is InChI=1S/C15H24/c1-6-9-10-14(5)12-15(8-3)11-13(4)7-2/h7,9-12H,6,8H2,1-5H3/b10-9+,13-7+,14-12+,15-11+. The van der Waals surface area contributed by atoms with Gasteiger partial charge in [-0.3, -0.25) is 0 Å². The number of allylic oxidation sites excluding steroid dienone is 8. The van der Waals surface area contributed by atoms with Crippen LogP contribution in [0, 0.1) is 0 Å². The molecule has 0 aliphatic rings. The highest BCUT2D eigenvalue weighted by molar-refractivity contribution is 5.33. The van der Waals surface area contributed by atoms with Gasteiger partial charge in [0.15, 0.2) is 0 Å². The molecule has 0 aromatic rings. The lowest BCUT2D eigenvalue weighted by molar-refractivity contribution is 1.13. The fraction of sp³-hybridized carbons (Fsp3) is 0.467. The van der Waals surface area contributed by atoms with Gasteiger partial charge in [-0.2, -0.15) is 0 Å². The Bertz CT molecular complexity index is 285. The lowest BCUT2D eigenvalue weighted by Crippen LogP contribution is -1.79. The maximum atomic E-state index is 2.26. The molecule has 0 N–H and O–H groups in total. The van der Waals surface area contributed by atoms with Crippen LogP contribution in [0.5, 0.6) is 0 Å². The molecule has 0 saturated carbocycles. The largest absolute Gasteiger partial charge is 0.0847 e. The molecule has 0 radical (unpaired) electrons. The summed E-state index contributed by atoms with van der Waals surface area (Å²) in [5.74, 6) is 0. The summed E-state index contributed by atoms with van der Waals surface area (Å²) in [6.07, 6.45) is 13.2. The third-order valence-electron chi connectivity index (χ3n) is 2.31. The van der Waals surface area contributed by atoms with Crippen molar-refractivity contribution < 1.29 is 0 Å². The molecule has 0 saturated heterocycles. The molecule has 0 bridgehead atoms. The molecule has 0 heteroatoms. The summed E-state index contributed by atoms with van der Waals surface area (Å²) in [5, 5.41) is 0. The summed E-state index contributed by atoms with van der Waals surface area (Å²) in [6, 6.07) is 0. The van der Waals surface area contributed by atoms with Crippen molar-refractivity contribution in [2.45, 2.75) is 47.5 Å². The summed E-state index contributed by atoms with van der Waals surface area (Å²) in [5.41, 5.74) is 4.05. The Labute approximate surface area is 95.1 Å². The quantitative estimate of drug-likeness (QED) is 0.540. The molecule has 0 fully saturated rings. The minimum atomic E-state index is 1.09. The van der Waals surface area contributed by atoms with Crippen LogP contribution < -0.4 is 0 Å². The first kappa shape index (κ1) is 14.0. The Hall–Kier alpha value is -1.04. The summed E-state index contributed by atoms with van der Waals surface area (Å²) in [4.78, 5) is 0. The predicted molar refractivity (Wildman–Crippen MR) is 71.0 cm³/mol. The Balaban J connectivity index is 4.71. The third kappa shape index (κ3) is 6.96. The van der Waals surface area contributed by atoms with Gasteiger partial charge in [-0.1, -0.05) is 55.4 Å². The Morgan fingerprint density at radius 2 is 1.67 bits per heavy atom. The molecule has 15 heavy (non-hydrogen) atoms. The average molecular weight is 204 g/mol. The number of hydrogen-bond acceptors (Lipinski definition) is 0. The molecule has 0 aromatic heterocycles. The molecule has 0 nitrogen and oxygen atoms in total. The van der Waals surface area contributed by atoms with Crippen LogP contribution in [0.4, 0.5) is 0 Å². The van der Waals surface area contributed by atoms with Gasteiger partial charge in [0.1, 0.15) is 0 Å². The summed E-state index contributed by atoms with van der Waals surface area (Å²) in [6.45, 7) is 10.7. The van der Waals surface area contributed by atoms with Crippen LogP contribution in [-0.4, -0.2) is 0 Å². The predicted octanol–water partition coefficient (Wildman–Crippen LogP) is 5.20. The van der Waals surface area contributed by atoms with Gasteiger partial charge in [-0.25, -0.2) is 0 Å². The highest BCUT2D eigenvalue weighted by Gasteiger charge is 1.90. The topological polar surface area (TPSA) is 0 Å². The monoisotopic (exact) mass is 204 g/mol. The fourth-order valence-corrected chi connectivity index (χ4v) is 1.27. The molecule has 84 valence electrons. The Morgan fingerprint density at radius 1 is 1.00 bits per heavy atom. The van der Waals surface area contributed by atoms with Crippen LogP contribution in [-0.2, 0) is 0 Å². The zero-order valence-corrected chi connectivity index (χ0v) is 10.8. The fourth-order valence-electron chi connectivity index (χ4n) is 1.27. The minimum Gasteiger partial charge on any atom is -0.0847 e. The second kappa shape index (κ2) is 8.28. The van der Waals surface area contributed by atoms with Gasteiger partial charge in [0.2, 0.25) is 0 Å². The summed E-state index contributed by atoms with van der Waals surface area (Å²) in [7, 11) is 0. The van der Waals surface area contributed by atoms with E-state index in [1.807, 2.05) is 0 Å². The Kier molecular flexibility index (Phi) is 7.71. The van der Waals surface area contributed by atoms with Crippen molar-refractivity contribution in [1.29, 1.82) is 0 Å². The van der Waals surface area contributed by atoms with Crippen molar-refractivity contribution in [2.24, 2.45) is 0 Å². The van der Waals surface area contributed by atoms with Gasteiger partial charge in [0.25, 0.3) is 0 Å². The molecular formula is C15H24. The Morgan fingerprint density at radius 3 is 2.13 bits per heavy atom. The van der Waals surface area contributed by atoms with Crippen molar-refractivity contribution in [3.8, 4) is 0 Å². The highest BCUT2D eigenvalue weighted by Crippen LogP contribution is 2.11. The van der Waals surface area contributed by atoms with E-state index in [0.717, 1.165) is 12.8 Å². The summed E-state index contributed by atoms with van der Waals surface area (Å²) < 4.78 is 0. The molecule has 0 aromatic carbocycles. The van der Waals surface area contributed by atoms with E-state index in [0.29, 0.717) is 0 Å². The van der Waals surface area contributed by atoms with Crippen molar-refractivity contribution in [3.63, 3.8) is 0 Å². The lowest BCUT2D eigenvalue weighted by Gasteiger charge is -2.00. The summed E-state index contributed by atoms with van der Waals surface area (Å²) >= 11 is 0. The van der Waals surface area contributed by atoms with Crippen molar-refractivity contribution in [3.05, 3.63) is 47.1 Å². The van der Waals surface area contributed by atoms with Crippen LogP contribution in [0.3, 0.4) is 0 Å². The second-order valence-electron chi connectivity index (χ2n) is 3.80. The van der Waals surface area contributed by atoms with Crippen LogP contribution >= 0.6 is 0 Å². The van der Waals surface area contributed by atoms with Crippen LogP contribution in [0.2, 0.25) is 0 Å². The van der Waals surface area contributed by atoms with Gasteiger partial charge < -0.3 is 0 Å². The first-order valence-corrected chi connectivity index (χ1v) is 5.82. The van der Waals surface area contributed by atoms with E-state index in [-0.39, 0.29) is 0 Å². The molecule has 0 spiro atoms. The van der Waals surface area contributed by atoms with Gasteiger partial charge in [0.05, 0.1) is 0 Å². The van der Waals surface area contributed by atoms with Crippen molar-refractivity contribution >= 4 is 0 Å². The average Bonchev–Trinajstić information content (AvgIpc) is 2.25. The van der Waals surface area contributed by atoms with Gasteiger partial charge >= 0.3 is 0 Å². The molecule has 0 heterocycles. The van der Waals surface area contributed by atoms with Crippen molar-refractivity contribution in [2.75, 3.05) is 0 Å². The van der Waals surface area contributed by atoms with E-state index >= 15 is 0 Å². The smallest absolute Gasteiger partial charge is 0.0307 e. The molecule has 0 atom stereocenters. The second-order valence-corrected chi connectivity index (χ2v) is 3.80. The first-order chi connectivity index (χ1) is 7.13. The third-order valence-corrected chi connectivity index (χ3v) is 2.31. The molecule has 0 amide bonds. The normalized spacial score (nSPS) is 15.1. The van der Waals surface area contributed by atoms with E-state index in [2.05, 4.69) is 65.0 Å². The van der Waals surface area contributed by atoms with Crippen LogP contribution in [0.1, 0.15) is 47.5 Å². The minimum absolute atomic E-state index is 1.09. The van der Waals surface area contributed by atoms with Gasteiger partial charge in [0, 0.05) is 0 Å². The van der Waals surface area contributed by atoms with E-state index in [9.17, 15) is 0 Å². The molecular weight excluding hydrogens is 180 g/mol. The van der Waals surface area contributed by atoms with E-state index < -0.39 is 0 Å². The molecule has 0 rings (SSSR count). The van der Waals surface area contributed by atoms with Crippen LogP contribution in [0.25, 0.3) is 0 Å². The van der Waals surface area contributed by atoms with E-state index in [4.69, 9.17) is 0 Å². The SMILES string of the molecule is C/C=C(C)/C=C(/C=C(C)/C=C/CC)CC. The van der Waals surface area contributed by atoms with Crippen LogP contribution in [0.15, 0.2) is 47.1 Å². The first-order valence-electron chi connectivity index (χ1n) is 5.82. The zero-order chi connectivity index (χ0) is 11.7. The maximum absolute atomic E-state index is 2.26. The molecule has 0 unspecified atom stereocenters. The highest BCUT2D eigenvalue weighted by atomic mass is 14.0. The van der Waals surface area contributed by atoms with E-state index in [1.165, 1.54) is 16.7 Å². The number of hydrogen-bond donors (Lipinski definition) is 0. The van der Waals surface area contributed by atoms with Gasteiger partial charge in [-0.05, 0) is 39.2 Å². The molecule has 0 aliphatic carbocycles. The van der Waals surface area contributed by atoms with Gasteiger partial charge in [-0.15, -0.1) is 0 Å². The zero-order valence-electron chi connectivity index (χ0n) is 10.8. The maximum Gasteiger partial charge on any atom is -0.0307 e. The number of rotatable bonds is 5. The van der Waals surface area contributed by atoms with Crippen molar-refractivity contribution in [1.82, 2.24) is 0 Å².